The number of rotatable bonds is 7. The highest BCUT2D eigenvalue weighted by Crippen LogP contribution is 2.32. The monoisotopic (exact) mass is 494 g/mol. The van der Waals surface area contributed by atoms with Gasteiger partial charge >= 0.3 is 5.97 Å². The molecule has 0 radical (unpaired) electrons. The molecule has 0 spiro atoms. The molecule has 0 saturated carbocycles. The van der Waals surface area contributed by atoms with E-state index in [9.17, 15) is 19.2 Å². The van der Waals surface area contributed by atoms with Crippen LogP contribution in [0.15, 0.2) is 60.7 Å². The summed E-state index contributed by atoms with van der Waals surface area (Å²) in [7, 11) is 0. The largest absolute Gasteiger partial charge is 0.462 e. The summed E-state index contributed by atoms with van der Waals surface area (Å²) in [6.45, 7) is 1.81. The van der Waals surface area contributed by atoms with Crippen LogP contribution >= 0.6 is 22.9 Å². The van der Waals surface area contributed by atoms with E-state index in [1.54, 1.807) is 61.5 Å². The Kier molecular flexibility index (Phi) is 6.90. The van der Waals surface area contributed by atoms with Crippen LogP contribution < -0.4 is 5.32 Å². The SMILES string of the molecule is CCOC(=O)c1cc(CN2C(=O)c3ccccc3C2=O)sc1NC(=O)/C=C/c1ccc(Cl)cc1. The lowest BCUT2D eigenvalue weighted by atomic mass is 10.1. The van der Waals surface area contributed by atoms with Gasteiger partial charge in [0.05, 0.1) is 29.8 Å². The zero-order chi connectivity index (χ0) is 24.2. The maximum atomic E-state index is 12.7. The van der Waals surface area contributed by atoms with Crippen molar-refractivity contribution in [3.8, 4) is 0 Å². The van der Waals surface area contributed by atoms with E-state index in [0.29, 0.717) is 21.0 Å². The molecule has 2 heterocycles. The van der Waals surface area contributed by atoms with Gasteiger partial charge in [-0.15, -0.1) is 11.3 Å². The maximum absolute atomic E-state index is 12.7. The normalized spacial score (nSPS) is 12.8. The number of halogens is 1. The Morgan fingerprint density at radius 3 is 2.32 bits per heavy atom. The van der Waals surface area contributed by atoms with Crippen molar-refractivity contribution < 1.29 is 23.9 Å². The molecule has 3 amide bonds. The molecule has 0 fully saturated rings. The average Bonchev–Trinajstić information content (AvgIpc) is 3.33. The summed E-state index contributed by atoms with van der Waals surface area (Å²) >= 11 is 6.98. The Bertz CT molecular complexity index is 1280. The Labute approximate surface area is 204 Å². The number of carbonyl (C=O) groups excluding carboxylic acids is 4. The number of thiophene rings is 1. The molecule has 7 nitrogen and oxygen atoms in total. The van der Waals surface area contributed by atoms with E-state index in [-0.39, 0.29) is 23.7 Å². The molecule has 1 N–H and O–H groups in total. The molecule has 2 aromatic carbocycles. The number of imide groups is 1. The van der Waals surface area contributed by atoms with Crippen molar-refractivity contribution in [1.82, 2.24) is 4.90 Å². The van der Waals surface area contributed by atoms with Crippen LogP contribution in [0.25, 0.3) is 6.08 Å². The number of nitrogens with one attached hydrogen (secondary N) is 1. The molecular formula is C25H19ClN2O5S. The molecule has 172 valence electrons. The van der Waals surface area contributed by atoms with Crippen molar-refractivity contribution >= 4 is 57.7 Å². The molecule has 34 heavy (non-hydrogen) atoms. The van der Waals surface area contributed by atoms with Crippen LogP contribution in [-0.4, -0.2) is 35.2 Å². The molecule has 0 bridgehead atoms. The van der Waals surface area contributed by atoms with E-state index in [1.165, 1.54) is 12.1 Å². The van der Waals surface area contributed by atoms with Crippen LogP contribution in [0.5, 0.6) is 0 Å². The fourth-order valence-corrected chi connectivity index (χ4v) is 4.57. The summed E-state index contributed by atoms with van der Waals surface area (Å²) in [4.78, 5) is 52.0. The van der Waals surface area contributed by atoms with Gasteiger partial charge in [-0.1, -0.05) is 35.9 Å². The maximum Gasteiger partial charge on any atom is 0.341 e. The Morgan fingerprint density at radius 1 is 1.06 bits per heavy atom. The van der Waals surface area contributed by atoms with Crippen LogP contribution in [0.2, 0.25) is 5.02 Å². The number of nitrogens with zero attached hydrogens (tertiary/aromatic N) is 1. The van der Waals surface area contributed by atoms with Crippen molar-refractivity contribution in [3.63, 3.8) is 0 Å². The van der Waals surface area contributed by atoms with E-state index < -0.39 is 23.7 Å². The van der Waals surface area contributed by atoms with Crippen molar-refractivity contribution in [2.45, 2.75) is 13.5 Å². The van der Waals surface area contributed by atoms with Gasteiger partial charge in [-0.3, -0.25) is 19.3 Å². The molecule has 0 saturated heterocycles. The van der Waals surface area contributed by atoms with E-state index in [0.717, 1.165) is 21.8 Å². The number of hydrogen-bond donors (Lipinski definition) is 1. The Balaban J connectivity index is 1.54. The second-order valence-electron chi connectivity index (χ2n) is 7.29. The molecule has 4 rings (SSSR count). The van der Waals surface area contributed by atoms with Gasteiger partial charge in [0.1, 0.15) is 5.00 Å². The highest BCUT2D eigenvalue weighted by Gasteiger charge is 2.35. The number of fused-ring (bicyclic) bond motifs is 1. The number of benzene rings is 2. The smallest absolute Gasteiger partial charge is 0.341 e. The van der Waals surface area contributed by atoms with Gasteiger partial charge in [-0.2, -0.15) is 0 Å². The van der Waals surface area contributed by atoms with Gasteiger partial charge < -0.3 is 10.1 Å². The highest BCUT2D eigenvalue weighted by molar-refractivity contribution is 7.16. The van der Waals surface area contributed by atoms with Gasteiger partial charge in [0.2, 0.25) is 5.91 Å². The summed E-state index contributed by atoms with van der Waals surface area (Å²) < 4.78 is 5.11. The van der Waals surface area contributed by atoms with Crippen LogP contribution in [0.3, 0.4) is 0 Å². The molecule has 1 aliphatic rings. The minimum atomic E-state index is -0.607. The molecule has 0 aliphatic carbocycles. The summed E-state index contributed by atoms with van der Waals surface area (Å²) in [6, 6.07) is 15.1. The number of esters is 1. The third-order valence-corrected chi connectivity index (χ3v) is 6.29. The van der Waals surface area contributed by atoms with E-state index in [1.807, 2.05) is 0 Å². The quantitative estimate of drug-likeness (QED) is 0.282. The molecular weight excluding hydrogens is 476 g/mol. The number of anilines is 1. The van der Waals surface area contributed by atoms with Crippen molar-refractivity contribution in [2.75, 3.05) is 11.9 Å². The number of amides is 3. The first kappa shape index (κ1) is 23.4. The summed E-state index contributed by atoms with van der Waals surface area (Å²) in [5.74, 6) is -1.86. The van der Waals surface area contributed by atoms with Crippen molar-refractivity contribution in [3.05, 3.63) is 92.8 Å². The summed E-state index contributed by atoms with van der Waals surface area (Å²) in [5.41, 5.74) is 1.63. The third kappa shape index (κ3) is 4.93. The fraction of sp³-hybridized carbons (Fsp3) is 0.120. The van der Waals surface area contributed by atoms with Gasteiger partial charge in [0, 0.05) is 16.0 Å². The minimum Gasteiger partial charge on any atom is -0.462 e. The Morgan fingerprint density at radius 2 is 1.71 bits per heavy atom. The van der Waals surface area contributed by atoms with Crippen molar-refractivity contribution in [1.29, 1.82) is 0 Å². The molecule has 1 aliphatic heterocycles. The van der Waals surface area contributed by atoms with E-state index in [2.05, 4.69) is 5.32 Å². The third-order valence-electron chi connectivity index (χ3n) is 5.00. The highest BCUT2D eigenvalue weighted by atomic mass is 35.5. The summed E-state index contributed by atoms with van der Waals surface area (Å²) in [5, 5.41) is 3.56. The fourth-order valence-electron chi connectivity index (χ4n) is 3.41. The van der Waals surface area contributed by atoms with Gasteiger partial charge in [0.15, 0.2) is 0 Å². The second-order valence-corrected chi connectivity index (χ2v) is 8.87. The van der Waals surface area contributed by atoms with Gasteiger partial charge in [0.25, 0.3) is 11.8 Å². The molecule has 9 heteroatoms. The Hall–Kier alpha value is -3.75. The van der Waals surface area contributed by atoms with Gasteiger partial charge in [-0.05, 0) is 48.9 Å². The predicted molar refractivity (Wildman–Crippen MR) is 130 cm³/mol. The lowest BCUT2D eigenvalue weighted by molar-refractivity contribution is -0.111. The molecule has 0 atom stereocenters. The lowest BCUT2D eigenvalue weighted by Gasteiger charge is -2.12. The topological polar surface area (TPSA) is 92.8 Å². The predicted octanol–water partition coefficient (Wildman–Crippen LogP) is 5.03. The summed E-state index contributed by atoms with van der Waals surface area (Å²) in [6.07, 6.45) is 2.95. The van der Waals surface area contributed by atoms with Crippen molar-refractivity contribution in [2.24, 2.45) is 0 Å². The van der Waals surface area contributed by atoms with E-state index >= 15 is 0 Å². The average molecular weight is 495 g/mol. The van der Waals surface area contributed by atoms with Crippen LogP contribution in [0.1, 0.15) is 48.4 Å². The molecule has 0 unspecified atom stereocenters. The number of ether oxygens (including phenoxy) is 1. The lowest BCUT2D eigenvalue weighted by Crippen LogP contribution is -2.28. The first-order valence-electron chi connectivity index (χ1n) is 10.4. The van der Waals surface area contributed by atoms with Crippen LogP contribution in [-0.2, 0) is 16.1 Å². The molecule has 3 aromatic rings. The minimum absolute atomic E-state index is 0.0279. The van der Waals surface area contributed by atoms with Crippen LogP contribution in [0.4, 0.5) is 5.00 Å². The van der Waals surface area contributed by atoms with Gasteiger partial charge in [-0.25, -0.2) is 4.79 Å². The first-order valence-corrected chi connectivity index (χ1v) is 11.6. The zero-order valence-corrected chi connectivity index (χ0v) is 19.6. The standard InChI is InChI=1S/C25H19ClN2O5S/c1-2-33-25(32)20-13-17(14-28-23(30)18-5-3-4-6-19(18)24(28)31)34-22(20)27-21(29)12-9-15-7-10-16(26)11-8-15/h3-13H,2,14H2,1H3,(H,27,29)/b12-9+. The second kappa shape index (κ2) is 10.0. The number of hydrogen-bond acceptors (Lipinski definition) is 6. The molecule has 1 aromatic heterocycles. The zero-order valence-electron chi connectivity index (χ0n) is 18.0. The van der Waals surface area contributed by atoms with Crippen LogP contribution in [0, 0.1) is 0 Å². The number of carbonyl (C=O) groups is 4. The first-order chi connectivity index (χ1) is 16.4. The van der Waals surface area contributed by atoms with E-state index in [4.69, 9.17) is 16.3 Å².